The minimum Gasteiger partial charge on any atom is -0.326 e. The molecule has 0 spiro atoms. The first-order valence-electron chi connectivity index (χ1n) is 7.34. The first-order chi connectivity index (χ1) is 10.9. The highest BCUT2D eigenvalue weighted by atomic mass is 32.2. The van der Waals surface area contributed by atoms with Gasteiger partial charge in [-0.15, -0.1) is 0 Å². The molecule has 2 aromatic carbocycles. The second-order valence-corrected chi connectivity index (χ2v) is 7.67. The molecular formula is C17H16FNO3S. The van der Waals surface area contributed by atoms with E-state index in [1.807, 2.05) is 0 Å². The molecule has 1 amide bonds. The van der Waals surface area contributed by atoms with Gasteiger partial charge in [-0.1, -0.05) is 12.1 Å². The van der Waals surface area contributed by atoms with Gasteiger partial charge in [-0.25, -0.2) is 12.8 Å². The third-order valence-electron chi connectivity index (χ3n) is 3.81. The van der Waals surface area contributed by atoms with E-state index in [0.29, 0.717) is 23.4 Å². The van der Waals surface area contributed by atoms with Crippen molar-refractivity contribution < 1.29 is 17.6 Å². The van der Waals surface area contributed by atoms with Crippen LogP contribution in [0.25, 0.3) is 0 Å². The Morgan fingerprint density at radius 3 is 2.61 bits per heavy atom. The number of hydrogen-bond acceptors (Lipinski definition) is 3. The van der Waals surface area contributed by atoms with Crippen molar-refractivity contribution in [2.45, 2.75) is 24.2 Å². The topological polar surface area (TPSA) is 63.2 Å². The summed E-state index contributed by atoms with van der Waals surface area (Å²) in [7, 11) is -3.18. The van der Waals surface area contributed by atoms with E-state index in [-0.39, 0.29) is 23.9 Å². The van der Waals surface area contributed by atoms with Crippen LogP contribution >= 0.6 is 0 Å². The van der Waals surface area contributed by atoms with E-state index in [2.05, 4.69) is 5.32 Å². The lowest BCUT2D eigenvalue weighted by Gasteiger charge is -2.17. The summed E-state index contributed by atoms with van der Waals surface area (Å²) in [5.41, 5.74) is 2.07. The van der Waals surface area contributed by atoms with Gasteiger partial charge < -0.3 is 5.32 Å². The predicted octanol–water partition coefficient (Wildman–Crippen LogP) is 2.73. The fraction of sp³-hybridized carbons (Fsp3) is 0.235. The van der Waals surface area contributed by atoms with Gasteiger partial charge in [0.2, 0.25) is 5.91 Å². The quantitative estimate of drug-likeness (QED) is 0.939. The molecule has 0 aliphatic carbocycles. The van der Waals surface area contributed by atoms with Crippen LogP contribution in [-0.4, -0.2) is 20.1 Å². The number of sulfone groups is 1. The molecule has 1 aliphatic heterocycles. The molecule has 1 aliphatic rings. The van der Waals surface area contributed by atoms with Crippen LogP contribution in [0, 0.1) is 5.82 Å². The minimum absolute atomic E-state index is 0.144. The number of carbonyl (C=O) groups is 1. The van der Waals surface area contributed by atoms with E-state index in [4.69, 9.17) is 0 Å². The van der Waals surface area contributed by atoms with E-state index >= 15 is 0 Å². The maximum absolute atomic E-state index is 12.8. The van der Waals surface area contributed by atoms with Gasteiger partial charge in [0, 0.05) is 5.69 Å². The molecule has 2 aromatic rings. The van der Waals surface area contributed by atoms with Crippen molar-refractivity contribution in [2.75, 3.05) is 11.1 Å². The van der Waals surface area contributed by atoms with Crippen LogP contribution in [0.4, 0.5) is 10.1 Å². The predicted molar refractivity (Wildman–Crippen MR) is 85.5 cm³/mol. The van der Waals surface area contributed by atoms with E-state index in [1.54, 1.807) is 18.2 Å². The molecule has 0 radical (unpaired) electrons. The molecule has 1 N–H and O–H groups in total. The van der Waals surface area contributed by atoms with Crippen molar-refractivity contribution in [3.8, 4) is 0 Å². The van der Waals surface area contributed by atoms with Gasteiger partial charge in [0.15, 0.2) is 9.84 Å². The second kappa shape index (κ2) is 6.12. The summed E-state index contributed by atoms with van der Waals surface area (Å²) < 4.78 is 36.8. The number of halogens is 1. The molecule has 23 heavy (non-hydrogen) atoms. The molecule has 0 unspecified atom stereocenters. The standard InChI is InChI=1S/C17H16FNO3S/c18-14-4-6-15(7-5-14)19-17(20)11-12-3-8-16-13(10-12)2-1-9-23(16,21)22/h3-8,10H,1-2,9,11H2,(H,19,20). The summed E-state index contributed by atoms with van der Waals surface area (Å²) in [5.74, 6) is -0.404. The number of hydrogen-bond donors (Lipinski definition) is 1. The first-order valence-corrected chi connectivity index (χ1v) is 8.99. The van der Waals surface area contributed by atoms with Gasteiger partial charge >= 0.3 is 0 Å². The third-order valence-corrected chi connectivity index (χ3v) is 5.71. The number of amides is 1. The molecule has 3 rings (SSSR count). The van der Waals surface area contributed by atoms with Gasteiger partial charge in [-0.05, 0) is 54.3 Å². The average Bonchev–Trinajstić information content (AvgIpc) is 2.49. The molecule has 0 aromatic heterocycles. The largest absolute Gasteiger partial charge is 0.326 e. The molecule has 0 bridgehead atoms. The van der Waals surface area contributed by atoms with Crippen molar-refractivity contribution in [2.24, 2.45) is 0 Å². The highest BCUT2D eigenvalue weighted by Crippen LogP contribution is 2.26. The van der Waals surface area contributed by atoms with E-state index in [9.17, 15) is 17.6 Å². The maximum Gasteiger partial charge on any atom is 0.228 e. The molecule has 4 nitrogen and oxygen atoms in total. The van der Waals surface area contributed by atoms with Crippen molar-refractivity contribution in [1.29, 1.82) is 0 Å². The Labute approximate surface area is 134 Å². The first kappa shape index (κ1) is 15.7. The maximum atomic E-state index is 12.8. The summed E-state index contributed by atoms with van der Waals surface area (Å²) in [6.07, 6.45) is 1.47. The van der Waals surface area contributed by atoms with Crippen LogP contribution in [-0.2, 0) is 27.5 Å². The van der Waals surface area contributed by atoms with Gasteiger partial charge in [0.1, 0.15) is 5.82 Å². The zero-order valence-electron chi connectivity index (χ0n) is 12.4. The summed E-state index contributed by atoms with van der Waals surface area (Å²) in [6.45, 7) is 0. The molecule has 0 atom stereocenters. The van der Waals surface area contributed by atoms with E-state index < -0.39 is 9.84 Å². The zero-order valence-corrected chi connectivity index (χ0v) is 13.2. The summed E-state index contributed by atoms with van der Waals surface area (Å²) in [6, 6.07) is 10.6. The van der Waals surface area contributed by atoms with Crippen LogP contribution < -0.4 is 5.32 Å². The number of carbonyl (C=O) groups excluding carboxylic acids is 1. The molecule has 6 heteroatoms. The number of nitrogens with one attached hydrogen (secondary N) is 1. The Kier molecular flexibility index (Phi) is 4.17. The highest BCUT2D eigenvalue weighted by Gasteiger charge is 2.23. The number of fused-ring (bicyclic) bond motifs is 1. The lowest BCUT2D eigenvalue weighted by molar-refractivity contribution is -0.115. The Morgan fingerprint density at radius 2 is 1.87 bits per heavy atom. The third kappa shape index (κ3) is 3.59. The Hall–Kier alpha value is -2.21. The summed E-state index contributed by atoms with van der Waals surface area (Å²) >= 11 is 0. The van der Waals surface area contributed by atoms with Crippen LogP contribution in [0.3, 0.4) is 0 Å². The second-order valence-electron chi connectivity index (χ2n) is 5.60. The Morgan fingerprint density at radius 1 is 1.13 bits per heavy atom. The summed E-state index contributed by atoms with van der Waals surface area (Å²) in [5, 5.41) is 2.69. The van der Waals surface area contributed by atoms with Gasteiger partial charge in [0.25, 0.3) is 0 Å². The Bertz CT molecular complexity index is 845. The van der Waals surface area contributed by atoms with Crippen LogP contribution in [0.2, 0.25) is 0 Å². The minimum atomic E-state index is -3.18. The van der Waals surface area contributed by atoms with Crippen molar-refractivity contribution in [3.63, 3.8) is 0 Å². The van der Waals surface area contributed by atoms with Gasteiger partial charge in [0.05, 0.1) is 17.1 Å². The molecule has 0 fully saturated rings. The molecular weight excluding hydrogens is 317 g/mol. The molecule has 0 saturated heterocycles. The highest BCUT2D eigenvalue weighted by molar-refractivity contribution is 7.91. The molecule has 1 heterocycles. The number of anilines is 1. The molecule has 0 saturated carbocycles. The molecule has 120 valence electrons. The Balaban J connectivity index is 1.73. The van der Waals surface area contributed by atoms with Crippen molar-refractivity contribution in [1.82, 2.24) is 0 Å². The van der Waals surface area contributed by atoms with Crippen molar-refractivity contribution >= 4 is 21.4 Å². The normalized spacial score (nSPS) is 15.7. The fourth-order valence-electron chi connectivity index (χ4n) is 2.73. The van der Waals surface area contributed by atoms with Crippen LogP contribution in [0.1, 0.15) is 17.5 Å². The van der Waals surface area contributed by atoms with E-state index in [1.165, 1.54) is 24.3 Å². The van der Waals surface area contributed by atoms with Gasteiger partial charge in [-0.2, -0.15) is 0 Å². The number of rotatable bonds is 3. The number of aryl methyl sites for hydroxylation is 1. The average molecular weight is 333 g/mol. The monoisotopic (exact) mass is 333 g/mol. The fourth-order valence-corrected chi connectivity index (χ4v) is 4.31. The van der Waals surface area contributed by atoms with Gasteiger partial charge in [-0.3, -0.25) is 4.79 Å². The number of benzene rings is 2. The summed E-state index contributed by atoms with van der Waals surface area (Å²) in [4.78, 5) is 12.4. The van der Waals surface area contributed by atoms with Crippen LogP contribution in [0.15, 0.2) is 47.4 Å². The zero-order chi connectivity index (χ0) is 16.4. The lowest BCUT2D eigenvalue weighted by Crippen LogP contribution is -2.18. The van der Waals surface area contributed by atoms with E-state index in [0.717, 1.165) is 11.1 Å². The lowest BCUT2D eigenvalue weighted by atomic mass is 10.0. The SMILES string of the molecule is O=C(Cc1ccc2c(c1)CCCS2(=O)=O)Nc1ccc(F)cc1. The smallest absolute Gasteiger partial charge is 0.228 e. The van der Waals surface area contributed by atoms with Crippen LogP contribution in [0.5, 0.6) is 0 Å². The van der Waals surface area contributed by atoms with Crippen molar-refractivity contribution in [3.05, 3.63) is 59.4 Å².